The summed E-state index contributed by atoms with van der Waals surface area (Å²) in [5.41, 5.74) is 10.3. The normalized spacial score (nSPS) is 15.2. The third-order valence-corrected chi connectivity index (χ3v) is 7.10. The van der Waals surface area contributed by atoms with Crippen LogP contribution in [-0.2, 0) is 18.9 Å². The van der Waals surface area contributed by atoms with E-state index >= 15 is 0 Å². The number of ether oxygens (including phenoxy) is 6. The predicted octanol–water partition coefficient (Wildman–Crippen LogP) is 6.95. The summed E-state index contributed by atoms with van der Waals surface area (Å²) in [6, 6.07) is 26.5. The molecule has 0 unspecified atom stereocenters. The number of hydrogen-bond donors (Lipinski definition) is 1. The molecule has 2 saturated heterocycles. The standard InChI is InChI=1S/C18H16N2O4.C16H17NO3/c1-12(21)20-17-7-6-16(10-14(17)11-19-20)24-15-4-2-13(3-5-15)18-22-8-9-23-18;1-11-10-14(6-7-15(11)17)20-13-4-2-12(3-5-13)16-18-8-9-19-16/h2-7,10-11,18H,8-9H2,1H3;2-7,10,16H,8-9,17H2,1H3. The molecule has 2 fully saturated rings. The quantitative estimate of drug-likeness (QED) is 0.208. The van der Waals surface area contributed by atoms with Gasteiger partial charge in [-0.3, -0.25) is 4.79 Å². The molecule has 0 amide bonds. The number of nitrogens with two attached hydrogens (primary N) is 1. The first-order valence-corrected chi connectivity index (χ1v) is 14.3. The Labute approximate surface area is 254 Å². The minimum atomic E-state index is -0.284. The van der Waals surface area contributed by atoms with Crippen LogP contribution in [0.1, 0.15) is 41.0 Å². The fourth-order valence-electron chi connectivity index (χ4n) is 4.80. The number of anilines is 1. The highest BCUT2D eigenvalue weighted by atomic mass is 16.7. The van der Waals surface area contributed by atoms with Crippen LogP contribution in [0.5, 0.6) is 23.0 Å². The molecule has 226 valence electrons. The smallest absolute Gasteiger partial charge is 0.244 e. The lowest BCUT2D eigenvalue weighted by atomic mass is 10.2. The Balaban J connectivity index is 0.000000159. The highest BCUT2D eigenvalue weighted by molar-refractivity contribution is 5.90. The van der Waals surface area contributed by atoms with Crippen LogP contribution in [0, 0.1) is 6.92 Å². The lowest BCUT2D eigenvalue weighted by Crippen LogP contribution is -2.06. The van der Waals surface area contributed by atoms with E-state index in [1.807, 2.05) is 91.9 Å². The zero-order valence-corrected chi connectivity index (χ0v) is 24.5. The van der Waals surface area contributed by atoms with E-state index in [9.17, 15) is 4.79 Å². The van der Waals surface area contributed by atoms with Gasteiger partial charge in [0.05, 0.1) is 38.1 Å². The molecule has 44 heavy (non-hydrogen) atoms. The molecular weight excluding hydrogens is 562 g/mol. The first kappa shape index (κ1) is 29.3. The number of nitrogens with zero attached hydrogens (tertiary/aromatic N) is 2. The topological polar surface area (TPSA) is 116 Å². The van der Waals surface area contributed by atoms with E-state index in [0.29, 0.717) is 32.2 Å². The Morgan fingerprint density at radius 2 is 1.20 bits per heavy atom. The van der Waals surface area contributed by atoms with E-state index in [0.717, 1.165) is 50.5 Å². The number of carbonyl (C=O) groups excluding carboxylic acids is 1. The maximum absolute atomic E-state index is 11.5. The molecule has 0 atom stereocenters. The van der Waals surface area contributed by atoms with Crippen molar-refractivity contribution in [3.05, 3.63) is 108 Å². The number of benzene rings is 4. The van der Waals surface area contributed by atoms with Crippen LogP contribution in [0.3, 0.4) is 0 Å². The van der Waals surface area contributed by atoms with E-state index in [2.05, 4.69) is 5.10 Å². The van der Waals surface area contributed by atoms with Crippen molar-refractivity contribution in [2.45, 2.75) is 26.4 Å². The van der Waals surface area contributed by atoms with Crippen LogP contribution in [0.4, 0.5) is 5.69 Å². The van der Waals surface area contributed by atoms with Crippen LogP contribution in [0.15, 0.2) is 91.1 Å². The lowest BCUT2D eigenvalue weighted by Gasteiger charge is -2.11. The van der Waals surface area contributed by atoms with Crippen molar-refractivity contribution in [1.29, 1.82) is 0 Å². The van der Waals surface area contributed by atoms with Crippen LogP contribution < -0.4 is 15.2 Å². The van der Waals surface area contributed by atoms with Crippen LogP contribution in [0.2, 0.25) is 0 Å². The molecule has 7 rings (SSSR count). The number of hydrogen-bond acceptors (Lipinski definition) is 9. The average Bonchev–Trinajstić information content (AvgIpc) is 3.83. The number of aryl methyl sites for hydroxylation is 1. The highest BCUT2D eigenvalue weighted by Crippen LogP contribution is 2.30. The van der Waals surface area contributed by atoms with Crippen molar-refractivity contribution in [3.63, 3.8) is 0 Å². The molecule has 0 radical (unpaired) electrons. The minimum Gasteiger partial charge on any atom is -0.457 e. The third kappa shape index (κ3) is 6.90. The van der Waals surface area contributed by atoms with Crippen LogP contribution in [0.25, 0.3) is 10.9 Å². The number of aromatic nitrogens is 2. The zero-order chi connectivity index (χ0) is 30.5. The van der Waals surface area contributed by atoms with Gasteiger partial charge in [-0.1, -0.05) is 24.3 Å². The minimum absolute atomic E-state index is 0.120. The maximum Gasteiger partial charge on any atom is 0.244 e. The molecule has 2 aliphatic heterocycles. The van der Waals surface area contributed by atoms with Crippen molar-refractivity contribution >= 4 is 22.5 Å². The molecule has 0 saturated carbocycles. The van der Waals surface area contributed by atoms with E-state index in [4.69, 9.17) is 34.2 Å². The Bertz CT molecular complexity index is 1720. The van der Waals surface area contributed by atoms with Gasteiger partial charge in [0, 0.05) is 29.1 Å². The van der Waals surface area contributed by atoms with Crippen molar-refractivity contribution < 1.29 is 33.2 Å². The van der Waals surface area contributed by atoms with Crippen molar-refractivity contribution in [2.75, 3.05) is 32.2 Å². The molecule has 4 aromatic carbocycles. The second-order valence-corrected chi connectivity index (χ2v) is 10.3. The molecule has 0 aliphatic carbocycles. The number of fused-ring (bicyclic) bond motifs is 1. The van der Waals surface area contributed by atoms with Gasteiger partial charge < -0.3 is 34.2 Å². The Hall–Kier alpha value is -4.74. The molecule has 1 aromatic heterocycles. The van der Waals surface area contributed by atoms with Gasteiger partial charge in [0.15, 0.2) is 12.6 Å². The van der Waals surface area contributed by atoms with Crippen LogP contribution in [-0.4, -0.2) is 42.1 Å². The number of carbonyl (C=O) groups is 1. The van der Waals surface area contributed by atoms with Crippen molar-refractivity contribution in [1.82, 2.24) is 9.78 Å². The van der Waals surface area contributed by atoms with Gasteiger partial charge in [0.25, 0.3) is 0 Å². The van der Waals surface area contributed by atoms with Crippen LogP contribution >= 0.6 is 0 Å². The van der Waals surface area contributed by atoms with Gasteiger partial charge in [0.1, 0.15) is 23.0 Å². The van der Waals surface area contributed by atoms with E-state index < -0.39 is 0 Å². The first-order chi connectivity index (χ1) is 21.4. The van der Waals surface area contributed by atoms with Crippen molar-refractivity contribution in [2.24, 2.45) is 0 Å². The van der Waals surface area contributed by atoms with E-state index in [-0.39, 0.29) is 18.5 Å². The average molecular weight is 596 g/mol. The molecule has 0 spiro atoms. The predicted molar refractivity (Wildman–Crippen MR) is 164 cm³/mol. The molecular formula is C34H33N3O7. The molecule has 2 aliphatic rings. The Kier molecular flexibility index (Phi) is 8.85. The summed E-state index contributed by atoms with van der Waals surface area (Å²) in [6.07, 6.45) is 1.12. The molecule has 10 heteroatoms. The molecule has 10 nitrogen and oxygen atoms in total. The summed E-state index contributed by atoms with van der Waals surface area (Å²) < 4.78 is 34.9. The lowest BCUT2D eigenvalue weighted by molar-refractivity contribution is -0.0443. The summed E-state index contributed by atoms with van der Waals surface area (Å²) >= 11 is 0. The van der Waals surface area contributed by atoms with Gasteiger partial charge in [-0.05, 0) is 73.2 Å². The van der Waals surface area contributed by atoms with Gasteiger partial charge >= 0.3 is 0 Å². The van der Waals surface area contributed by atoms with Gasteiger partial charge in [0.2, 0.25) is 5.91 Å². The zero-order valence-electron chi connectivity index (χ0n) is 24.5. The van der Waals surface area contributed by atoms with Gasteiger partial charge in [-0.25, -0.2) is 4.68 Å². The molecule has 3 heterocycles. The summed E-state index contributed by atoms with van der Waals surface area (Å²) in [5, 5.41) is 4.94. The third-order valence-electron chi connectivity index (χ3n) is 7.10. The SMILES string of the molecule is CC(=O)n1ncc2cc(Oc3ccc(C4OCCO4)cc3)ccc21.Cc1cc(Oc2ccc(C3OCCO3)cc2)ccc1N. The number of nitrogen functional groups attached to an aromatic ring is 1. The summed E-state index contributed by atoms with van der Waals surface area (Å²) in [6.45, 7) is 5.98. The second kappa shape index (κ2) is 13.3. The largest absolute Gasteiger partial charge is 0.457 e. The summed E-state index contributed by atoms with van der Waals surface area (Å²) in [5.74, 6) is 2.83. The van der Waals surface area contributed by atoms with Gasteiger partial charge in [-0.2, -0.15) is 5.10 Å². The Morgan fingerprint density at radius 3 is 1.70 bits per heavy atom. The highest BCUT2D eigenvalue weighted by Gasteiger charge is 2.19. The summed E-state index contributed by atoms with van der Waals surface area (Å²) in [7, 11) is 0. The molecule has 2 N–H and O–H groups in total. The van der Waals surface area contributed by atoms with Gasteiger partial charge in [-0.15, -0.1) is 0 Å². The maximum atomic E-state index is 11.5. The van der Waals surface area contributed by atoms with E-state index in [1.165, 1.54) is 11.6 Å². The fourth-order valence-corrected chi connectivity index (χ4v) is 4.80. The van der Waals surface area contributed by atoms with Crippen molar-refractivity contribution in [3.8, 4) is 23.0 Å². The molecule has 0 bridgehead atoms. The first-order valence-electron chi connectivity index (χ1n) is 14.3. The monoisotopic (exact) mass is 595 g/mol. The summed E-state index contributed by atoms with van der Waals surface area (Å²) in [4.78, 5) is 11.5. The Morgan fingerprint density at radius 1 is 0.727 bits per heavy atom. The van der Waals surface area contributed by atoms with E-state index in [1.54, 1.807) is 6.20 Å². The second-order valence-electron chi connectivity index (χ2n) is 10.3. The molecule has 5 aromatic rings. The number of rotatable bonds is 6. The fraction of sp³-hybridized carbons (Fsp3) is 0.235.